The van der Waals surface area contributed by atoms with Crippen molar-refractivity contribution in [2.45, 2.75) is 41.8 Å². The molecule has 132 valence electrons. The second-order valence-corrected chi connectivity index (χ2v) is 4.02. The molecule has 1 nitrogen and oxygen atoms in total. The molecule has 0 spiro atoms. The Kier molecular flexibility index (Phi) is 3.53. The first kappa shape index (κ1) is 19.0. The van der Waals surface area contributed by atoms with Gasteiger partial charge >= 0.3 is 41.8 Å². The molecule has 0 aliphatic carbocycles. The summed E-state index contributed by atoms with van der Waals surface area (Å²) in [5.41, 5.74) is -7.46. The van der Waals surface area contributed by atoms with Gasteiger partial charge in [-0.25, -0.2) is 4.39 Å². The van der Waals surface area contributed by atoms with Gasteiger partial charge < -0.3 is 0 Å². The number of hydrogen-bond donors (Lipinski definition) is 0. The van der Waals surface area contributed by atoms with Crippen molar-refractivity contribution < 1.29 is 66.2 Å². The Morgan fingerprint density at radius 3 is 1.23 bits per heavy atom. The molecule has 0 radical (unpaired) electrons. The molecule has 0 bridgehead atoms. The summed E-state index contributed by atoms with van der Waals surface area (Å²) in [6, 6.07) is 0. The molecule has 1 aliphatic heterocycles. The Bertz CT molecular complexity index is 461. The van der Waals surface area contributed by atoms with Crippen molar-refractivity contribution in [2.75, 3.05) is 0 Å². The quantitative estimate of drug-likeness (QED) is 0.626. The van der Waals surface area contributed by atoms with E-state index in [1.165, 1.54) is 0 Å². The molecule has 0 aromatic carbocycles. The average molecular weight is 366 g/mol. The molecule has 1 rings (SSSR count). The van der Waals surface area contributed by atoms with E-state index >= 15 is 0 Å². The Morgan fingerprint density at radius 2 is 1.00 bits per heavy atom. The fourth-order valence-electron chi connectivity index (χ4n) is 1.50. The van der Waals surface area contributed by atoms with Crippen LogP contribution in [-0.4, -0.2) is 41.8 Å². The molecule has 0 amide bonds. The van der Waals surface area contributed by atoms with Crippen molar-refractivity contribution in [1.29, 1.82) is 0 Å². The summed E-state index contributed by atoms with van der Waals surface area (Å²) in [6.45, 7) is 0. The standard InChI is InChI=1S/C7F14O/c8-1(5(14,15)16)2(9,10)4(13,22-7(1,20)21)3(11,12)6(17,18)19/t1-,4+/m0/s1. The predicted octanol–water partition coefficient (Wildman–Crippen LogP) is 4.38. The fourth-order valence-corrected chi connectivity index (χ4v) is 1.50. The van der Waals surface area contributed by atoms with E-state index in [-0.39, 0.29) is 0 Å². The van der Waals surface area contributed by atoms with Crippen LogP contribution in [-0.2, 0) is 4.74 Å². The van der Waals surface area contributed by atoms with Crippen LogP contribution in [0.3, 0.4) is 0 Å². The van der Waals surface area contributed by atoms with Crippen molar-refractivity contribution in [3.05, 3.63) is 0 Å². The highest BCUT2D eigenvalue weighted by molar-refractivity contribution is 5.21. The maximum atomic E-state index is 13.2. The number of halogens is 14. The van der Waals surface area contributed by atoms with E-state index in [0.717, 1.165) is 0 Å². The van der Waals surface area contributed by atoms with Crippen molar-refractivity contribution in [3.8, 4) is 0 Å². The summed E-state index contributed by atoms with van der Waals surface area (Å²) >= 11 is 0. The van der Waals surface area contributed by atoms with E-state index in [0.29, 0.717) is 0 Å². The highest BCUT2D eigenvalue weighted by Crippen LogP contribution is 2.69. The monoisotopic (exact) mass is 366 g/mol. The van der Waals surface area contributed by atoms with E-state index in [9.17, 15) is 61.5 Å². The largest absolute Gasteiger partial charge is 0.459 e. The molecule has 0 N–H and O–H groups in total. The van der Waals surface area contributed by atoms with Gasteiger partial charge in [-0.15, -0.1) is 0 Å². The average Bonchev–Trinajstić information content (AvgIpc) is 2.33. The van der Waals surface area contributed by atoms with Crippen LogP contribution in [0.4, 0.5) is 61.5 Å². The van der Waals surface area contributed by atoms with Crippen molar-refractivity contribution >= 4 is 0 Å². The second-order valence-electron chi connectivity index (χ2n) is 4.02. The molecule has 0 unspecified atom stereocenters. The van der Waals surface area contributed by atoms with Crippen molar-refractivity contribution in [2.24, 2.45) is 0 Å². The molecule has 0 saturated carbocycles. The summed E-state index contributed by atoms with van der Waals surface area (Å²) < 4.78 is 176. The van der Waals surface area contributed by atoms with E-state index < -0.39 is 41.8 Å². The minimum atomic E-state index is -7.64. The third kappa shape index (κ3) is 1.76. The Labute approximate surface area is 109 Å². The van der Waals surface area contributed by atoms with Crippen LogP contribution in [0.2, 0.25) is 0 Å². The normalized spacial score (nSPS) is 35.7. The van der Waals surface area contributed by atoms with Gasteiger partial charge in [-0.1, -0.05) is 0 Å². The van der Waals surface area contributed by atoms with Crippen LogP contribution in [0.25, 0.3) is 0 Å². The van der Waals surface area contributed by atoms with Crippen molar-refractivity contribution in [1.82, 2.24) is 0 Å². The summed E-state index contributed by atoms with van der Waals surface area (Å²) in [5.74, 6) is -22.6. The number of rotatable bonds is 1. The maximum absolute atomic E-state index is 13.2. The molecule has 22 heavy (non-hydrogen) atoms. The third-order valence-corrected chi connectivity index (χ3v) is 2.66. The lowest BCUT2D eigenvalue weighted by atomic mass is 9.90. The molecule has 15 heteroatoms. The summed E-state index contributed by atoms with van der Waals surface area (Å²) in [5, 5.41) is 0. The molecule has 0 aromatic heterocycles. The molecular weight excluding hydrogens is 366 g/mol. The lowest BCUT2D eigenvalue weighted by Gasteiger charge is -2.35. The first-order chi connectivity index (χ1) is 9.21. The highest BCUT2D eigenvalue weighted by atomic mass is 19.4. The first-order valence-electron chi connectivity index (χ1n) is 4.55. The van der Waals surface area contributed by atoms with E-state index in [1.54, 1.807) is 4.74 Å². The molecule has 0 aromatic rings. The smallest absolute Gasteiger partial charge is 0.269 e. The molecule has 2 atom stereocenters. The Hall–Kier alpha value is -1.02. The van der Waals surface area contributed by atoms with E-state index in [4.69, 9.17) is 0 Å². The lowest BCUT2D eigenvalue weighted by Crippen LogP contribution is -2.69. The Morgan fingerprint density at radius 1 is 0.636 bits per heavy atom. The second kappa shape index (κ2) is 4.08. The van der Waals surface area contributed by atoms with Crippen molar-refractivity contribution in [3.63, 3.8) is 0 Å². The van der Waals surface area contributed by atoms with E-state index in [1.807, 2.05) is 0 Å². The van der Waals surface area contributed by atoms with E-state index in [2.05, 4.69) is 0 Å². The molecular formula is C7F14O. The van der Waals surface area contributed by atoms with Gasteiger partial charge in [-0.05, 0) is 0 Å². The van der Waals surface area contributed by atoms with Gasteiger partial charge in [0.1, 0.15) is 0 Å². The lowest BCUT2D eigenvalue weighted by molar-refractivity contribution is -0.431. The highest BCUT2D eigenvalue weighted by Gasteiger charge is 3.02. The van der Waals surface area contributed by atoms with Gasteiger partial charge in [0.05, 0.1) is 0 Å². The third-order valence-electron chi connectivity index (χ3n) is 2.66. The van der Waals surface area contributed by atoms with Gasteiger partial charge in [0.15, 0.2) is 0 Å². The zero-order chi connectivity index (χ0) is 18.2. The maximum Gasteiger partial charge on any atom is 0.459 e. The molecule has 1 fully saturated rings. The van der Waals surface area contributed by atoms with Gasteiger partial charge in [0, 0.05) is 0 Å². The summed E-state index contributed by atoms with van der Waals surface area (Å²) in [7, 11) is 0. The SMILES string of the molecule is FC(F)(F)C(F)(F)[C@]1(F)OC(F)(F)[C@@](F)(C(F)(F)F)C1(F)F. The van der Waals surface area contributed by atoms with Gasteiger partial charge in [0.25, 0.3) is 0 Å². The first-order valence-corrected chi connectivity index (χ1v) is 4.55. The van der Waals surface area contributed by atoms with Crippen LogP contribution in [0.5, 0.6) is 0 Å². The van der Waals surface area contributed by atoms with Crippen LogP contribution < -0.4 is 0 Å². The minimum Gasteiger partial charge on any atom is -0.269 e. The predicted molar refractivity (Wildman–Crippen MR) is 35.7 cm³/mol. The summed E-state index contributed by atoms with van der Waals surface area (Å²) in [4.78, 5) is 0. The van der Waals surface area contributed by atoms with Gasteiger partial charge in [0.2, 0.25) is 0 Å². The fraction of sp³-hybridized carbons (Fsp3) is 1.00. The van der Waals surface area contributed by atoms with Gasteiger partial charge in [-0.2, -0.15) is 57.1 Å². The van der Waals surface area contributed by atoms with Crippen LogP contribution in [0.1, 0.15) is 0 Å². The zero-order valence-electron chi connectivity index (χ0n) is 9.20. The molecule has 1 aliphatic rings. The van der Waals surface area contributed by atoms with Gasteiger partial charge in [-0.3, -0.25) is 4.74 Å². The Balaban J connectivity index is 3.72. The zero-order valence-corrected chi connectivity index (χ0v) is 9.20. The van der Waals surface area contributed by atoms with Crippen LogP contribution in [0, 0.1) is 0 Å². The number of hydrogen-bond acceptors (Lipinski definition) is 1. The molecule has 1 saturated heterocycles. The minimum absolute atomic E-state index is 1.67. The van der Waals surface area contributed by atoms with Crippen LogP contribution >= 0.6 is 0 Å². The number of ether oxygens (including phenoxy) is 1. The topological polar surface area (TPSA) is 9.23 Å². The number of alkyl halides is 14. The summed E-state index contributed by atoms with van der Waals surface area (Å²) in [6.07, 6.45) is -21.9. The van der Waals surface area contributed by atoms with Crippen LogP contribution in [0.15, 0.2) is 0 Å². The molecule has 1 heterocycles.